The number of aliphatic hydroxyl groups is 1. The van der Waals surface area contributed by atoms with E-state index in [1.54, 1.807) is 12.1 Å². The molecule has 1 aromatic carbocycles. The van der Waals surface area contributed by atoms with Crippen LogP contribution in [0.15, 0.2) is 24.3 Å². The Balaban J connectivity index is 2.65. The van der Waals surface area contributed by atoms with E-state index in [1.807, 2.05) is 13.8 Å². The Kier molecular flexibility index (Phi) is 5.76. The highest BCUT2D eigenvalue weighted by atomic mass is 19.1. The first-order valence-electron chi connectivity index (χ1n) is 6.76. The van der Waals surface area contributed by atoms with Crippen molar-refractivity contribution in [1.82, 2.24) is 5.32 Å². The third-order valence-corrected chi connectivity index (χ3v) is 3.67. The van der Waals surface area contributed by atoms with Crippen LogP contribution in [-0.2, 0) is 0 Å². The summed E-state index contributed by atoms with van der Waals surface area (Å²) in [5.41, 5.74) is 0.418. The molecular formula is C15H24FNO. The first-order chi connectivity index (χ1) is 8.54. The molecule has 18 heavy (non-hydrogen) atoms. The fourth-order valence-electron chi connectivity index (χ4n) is 2.01. The van der Waals surface area contributed by atoms with Gasteiger partial charge in [-0.05, 0) is 37.0 Å². The molecule has 1 aromatic rings. The number of hydrogen-bond acceptors (Lipinski definition) is 2. The normalized spacial score (nSPS) is 13.6. The second kappa shape index (κ2) is 6.86. The zero-order valence-electron chi connectivity index (χ0n) is 11.5. The second-order valence-corrected chi connectivity index (χ2v) is 4.82. The molecule has 0 bridgehead atoms. The number of rotatable bonds is 7. The molecule has 1 rings (SSSR count). The molecule has 0 aliphatic rings. The van der Waals surface area contributed by atoms with Crippen molar-refractivity contribution in [3.63, 3.8) is 0 Å². The largest absolute Gasteiger partial charge is 0.389 e. The zero-order valence-corrected chi connectivity index (χ0v) is 11.5. The fraction of sp³-hybridized carbons (Fsp3) is 0.600. The van der Waals surface area contributed by atoms with E-state index in [0.29, 0.717) is 6.54 Å². The van der Waals surface area contributed by atoms with Crippen molar-refractivity contribution >= 4 is 0 Å². The van der Waals surface area contributed by atoms with Crippen molar-refractivity contribution in [2.75, 3.05) is 6.54 Å². The van der Waals surface area contributed by atoms with Gasteiger partial charge in [0.2, 0.25) is 0 Å². The third kappa shape index (κ3) is 4.07. The standard InChI is InChI=1S/C15H24FNO/c1-4-14(12-7-9-13(16)10-8-12)17-11-15(18,5-2)6-3/h7-10,14,17-18H,4-6,11H2,1-3H3. The van der Waals surface area contributed by atoms with E-state index < -0.39 is 5.60 Å². The van der Waals surface area contributed by atoms with E-state index in [0.717, 1.165) is 24.8 Å². The molecule has 0 fully saturated rings. The van der Waals surface area contributed by atoms with Crippen LogP contribution in [0, 0.1) is 5.82 Å². The minimum atomic E-state index is -0.645. The lowest BCUT2D eigenvalue weighted by molar-refractivity contribution is 0.0297. The lowest BCUT2D eigenvalue weighted by Crippen LogP contribution is -2.40. The molecule has 0 aromatic heterocycles. The van der Waals surface area contributed by atoms with Crippen molar-refractivity contribution < 1.29 is 9.50 Å². The van der Waals surface area contributed by atoms with Gasteiger partial charge in [0.1, 0.15) is 5.82 Å². The van der Waals surface area contributed by atoms with Crippen LogP contribution in [0.1, 0.15) is 51.6 Å². The number of benzene rings is 1. The van der Waals surface area contributed by atoms with Crippen LogP contribution in [0.2, 0.25) is 0 Å². The molecule has 3 heteroatoms. The maximum absolute atomic E-state index is 12.9. The third-order valence-electron chi connectivity index (χ3n) is 3.67. The predicted octanol–water partition coefficient (Wildman–Crippen LogP) is 3.42. The summed E-state index contributed by atoms with van der Waals surface area (Å²) in [4.78, 5) is 0. The van der Waals surface area contributed by atoms with Gasteiger partial charge in [0.05, 0.1) is 5.60 Å². The Bertz CT molecular complexity index is 346. The summed E-state index contributed by atoms with van der Waals surface area (Å²) in [5, 5.41) is 13.6. The van der Waals surface area contributed by atoms with Crippen molar-refractivity contribution in [2.24, 2.45) is 0 Å². The van der Waals surface area contributed by atoms with Gasteiger partial charge >= 0.3 is 0 Å². The van der Waals surface area contributed by atoms with E-state index in [-0.39, 0.29) is 11.9 Å². The zero-order chi connectivity index (χ0) is 13.6. The summed E-state index contributed by atoms with van der Waals surface area (Å²) in [6, 6.07) is 6.72. The average molecular weight is 253 g/mol. The van der Waals surface area contributed by atoms with Crippen LogP contribution in [0.3, 0.4) is 0 Å². The van der Waals surface area contributed by atoms with Gasteiger partial charge in [0.25, 0.3) is 0 Å². The van der Waals surface area contributed by atoms with Gasteiger partial charge in [-0.25, -0.2) is 4.39 Å². The Labute approximate surface area is 109 Å². The van der Waals surface area contributed by atoms with Crippen LogP contribution in [0.4, 0.5) is 4.39 Å². The molecule has 0 saturated carbocycles. The minimum absolute atomic E-state index is 0.162. The highest BCUT2D eigenvalue weighted by Gasteiger charge is 2.23. The van der Waals surface area contributed by atoms with Crippen LogP contribution < -0.4 is 5.32 Å². The number of nitrogens with one attached hydrogen (secondary N) is 1. The van der Waals surface area contributed by atoms with Crippen LogP contribution >= 0.6 is 0 Å². The Hall–Kier alpha value is -0.930. The fourth-order valence-corrected chi connectivity index (χ4v) is 2.01. The molecule has 1 atom stereocenters. The first-order valence-corrected chi connectivity index (χ1v) is 6.76. The lowest BCUT2D eigenvalue weighted by atomic mass is 9.96. The molecule has 1 unspecified atom stereocenters. The lowest BCUT2D eigenvalue weighted by Gasteiger charge is -2.28. The van der Waals surface area contributed by atoms with Gasteiger partial charge in [-0.1, -0.05) is 32.9 Å². The monoisotopic (exact) mass is 253 g/mol. The molecule has 0 aliphatic heterocycles. The maximum Gasteiger partial charge on any atom is 0.123 e. The quantitative estimate of drug-likeness (QED) is 0.780. The van der Waals surface area contributed by atoms with Crippen molar-refractivity contribution in [3.05, 3.63) is 35.6 Å². The number of halogens is 1. The van der Waals surface area contributed by atoms with Gasteiger partial charge in [-0.3, -0.25) is 0 Å². The van der Waals surface area contributed by atoms with Gasteiger partial charge < -0.3 is 10.4 Å². The Morgan fingerprint density at radius 3 is 2.17 bits per heavy atom. The first kappa shape index (κ1) is 15.1. The van der Waals surface area contributed by atoms with Crippen LogP contribution in [0.5, 0.6) is 0 Å². The highest BCUT2D eigenvalue weighted by molar-refractivity contribution is 5.19. The molecule has 0 heterocycles. The summed E-state index contributed by atoms with van der Waals surface area (Å²) in [5.74, 6) is -0.216. The molecule has 0 saturated heterocycles. The van der Waals surface area contributed by atoms with Crippen molar-refractivity contribution in [2.45, 2.75) is 51.7 Å². The molecule has 102 valence electrons. The van der Waals surface area contributed by atoms with Crippen molar-refractivity contribution in [1.29, 1.82) is 0 Å². The van der Waals surface area contributed by atoms with Gasteiger partial charge in [-0.15, -0.1) is 0 Å². The molecule has 0 spiro atoms. The van der Waals surface area contributed by atoms with E-state index >= 15 is 0 Å². The van der Waals surface area contributed by atoms with E-state index in [2.05, 4.69) is 12.2 Å². The molecule has 0 amide bonds. The Morgan fingerprint density at radius 1 is 1.17 bits per heavy atom. The average Bonchev–Trinajstić information content (AvgIpc) is 2.41. The molecular weight excluding hydrogens is 229 g/mol. The van der Waals surface area contributed by atoms with E-state index in [9.17, 15) is 9.50 Å². The minimum Gasteiger partial charge on any atom is -0.389 e. The van der Waals surface area contributed by atoms with E-state index in [1.165, 1.54) is 12.1 Å². The summed E-state index contributed by atoms with van der Waals surface area (Å²) in [7, 11) is 0. The van der Waals surface area contributed by atoms with Gasteiger partial charge in [0, 0.05) is 12.6 Å². The summed E-state index contributed by atoms with van der Waals surface area (Å²) in [6.45, 7) is 6.63. The van der Waals surface area contributed by atoms with Crippen LogP contribution in [0.25, 0.3) is 0 Å². The van der Waals surface area contributed by atoms with Crippen molar-refractivity contribution in [3.8, 4) is 0 Å². The van der Waals surface area contributed by atoms with E-state index in [4.69, 9.17) is 0 Å². The van der Waals surface area contributed by atoms with Crippen LogP contribution in [-0.4, -0.2) is 17.3 Å². The SMILES string of the molecule is CCC(NCC(O)(CC)CC)c1ccc(F)cc1. The predicted molar refractivity (Wildman–Crippen MR) is 73.0 cm³/mol. The van der Waals surface area contributed by atoms with Gasteiger partial charge in [-0.2, -0.15) is 0 Å². The molecule has 0 aliphatic carbocycles. The summed E-state index contributed by atoms with van der Waals surface area (Å²) >= 11 is 0. The topological polar surface area (TPSA) is 32.3 Å². The van der Waals surface area contributed by atoms with Gasteiger partial charge in [0.15, 0.2) is 0 Å². The molecule has 2 nitrogen and oxygen atoms in total. The summed E-state index contributed by atoms with van der Waals surface area (Å²) in [6.07, 6.45) is 2.38. The smallest absolute Gasteiger partial charge is 0.123 e. The highest BCUT2D eigenvalue weighted by Crippen LogP contribution is 2.20. The Morgan fingerprint density at radius 2 is 1.72 bits per heavy atom. The molecule has 2 N–H and O–H groups in total. The summed E-state index contributed by atoms with van der Waals surface area (Å²) < 4.78 is 12.9. The maximum atomic E-state index is 12.9. The number of hydrogen-bond donors (Lipinski definition) is 2. The molecule has 0 radical (unpaired) electrons. The second-order valence-electron chi connectivity index (χ2n) is 4.82.